The summed E-state index contributed by atoms with van der Waals surface area (Å²) >= 11 is 5.14. The summed E-state index contributed by atoms with van der Waals surface area (Å²) in [7, 11) is 0. The summed E-state index contributed by atoms with van der Waals surface area (Å²) in [5.41, 5.74) is 6.65. The number of benzene rings is 1. The average molecular weight is 347 g/mol. The predicted octanol–water partition coefficient (Wildman–Crippen LogP) is 1.93. The molecule has 0 bridgehead atoms. The fraction of sp³-hybridized carbons (Fsp3) is 0.250. The van der Waals surface area contributed by atoms with Crippen molar-refractivity contribution < 1.29 is 18.7 Å². The van der Waals surface area contributed by atoms with Crippen LogP contribution in [0.3, 0.4) is 0 Å². The van der Waals surface area contributed by atoms with E-state index in [1.165, 1.54) is 0 Å². The van der Waals surface area contributed by atoms with E-state index in [9.17, 15) is 4.79 Å². The molecule has 0 saturated carbocycles. The van der Waals surface area contributed by atoms with Gasteiger partial charge in [0.1, 0.15) is 11.5 Å². The Morgan fingerprint density at radius 1 is 1.17 bits per heavy atom. The van der Waals surface area contributed by atoms with Gasteiger partial charge in [-0.3, -0.25) is 15.6 Å². The molecule has 0 fully saturated rings. The SMILES string of the molecule is Cc1cc(C(=O)NNC(=S)NCc2ccc3c(c2)OCO3)c(C)o1. The van der Waals surface area contributed by atoms with E-state index in [1.807, 2.05) is 18.2 Å². The van der Waals surface area contributed by atoms with Crippen LogP contribution in [0.1, 0.15) is 27.4 Å². The van der Waals surface area contributed by atoms with Crippen molar-refractivity contribution in [3.05, 3.63) is 46.9 Å². The summed E-state index contributed by atoms with van der Waals surface area (Å²) in [4.78, 5) is 12.0. The molecule has 1 aromatic carbocycles. The van der Waals surface area contributed by atoms with E-state index >= 15 is 0 Å². The molecule has 1 aliphatic heterocycles. The molecule has 24 heavy (non-hydrogen) atoms. The number of carbonyl (C=O) groups is 1. The van der Waals surface area contributed by atoms with Crippen LogP contribution in [-0.4, -0.2) is 17.8 Å². The van der Waals surface area contributed by atoms with Gasteiger partial charge in [0.2, 0.25) is 6.79 Å². The number of hydrazine groups is 1. The second-order valence-corrected chi connectivity index (χ2v) is 5.68. The number of carbonyl (C=O) groups excluding carboxylic acids is 1. The lowest BCUT2D eigenvalue weighted by atomic mass is 10.2. The molecule has 1 aliphatic rings. The van der Waals surface area contributed by atoms with Gasteiger partial charge in [0.15, 0.2) is 16.6 Å². The van der Waals surface area contributed by atoms with Crippen LogP contribution >= 0.6 is 12.2 Å². The van der Waals surface area contributed by atoms with Crippen LogP contribution in [0.5, 0.6) is 11.5 Å². The molecule has 126 valence electrons. The average Bonchev–Trinajstić information content (AvgIpc) is 3.15. The Morgan fingerprint density at radius 2 is 1.96 bits per heavy atom. The number of hydrogen-bond acceptors (Lipinski definition) is 5. The summed E-state index contributed by atoms with van der Waals surface area (Å²) in [5, 5.41) is 3.31. The summed E-state index contributed by atoms with van der Waals surface area (Å²) in [6.45, 7) is 4.25. The first kappa shape index (κ1) is 16.1. The van der Waals surface area contributed by atoms with Gasteiger partial charge in [-0.2, -0.15) is 0 Å². The minimum Gasteiger partial charge on any atom is -0.466 e. The first-order chi connectivity index (χ1) is 11.5. The van der Waals surface area contributed by atoms with Crippen molar-refractivity contribution in [2.24, 2.45) is 0 Å². The molecule has 7 nitrogen and oxygen atoms in total. The quantitative estimate of drug-likeness (QED) is 0.578. The van der Waals surface area contributed by atoms with Crippen LogP contribution in [0.25, 0.3) is 0 Å². The number of thiocarbonyl (C=S) groups is 1. The van der Waals surface area contributed by atoms with E-state index in [0.717, 1.165) is 11.3 Å². The monoisotopic (exact) mass is 347 g/mol. The Labute approximate surface area is 144 Å². The molecule has 3 rings (SSSR count). The van der Waals surface area contributed by atoms with Crippen molar-refractivity contribution >= 4 is 23.2 Å². The van der Waals surface area contributed by atoms with Crippen molar-refractivity contribution in [2.45, 2.75) is 20.4 Å². The number of ether oxygens (including phenoxy) is 2. The molecule has 3 N–H and O–H groups in total. The zero-order valence-corrected chi connectivity index (χ0v) is 14.1. The highest BCUT2D eigenvalue weighted by molar-refractivity contribution is 7.80. The molecule has 0 spiro atoms. The van der Waals surface area contributed by atoms with E-state index in [4.69, 9.17) is 26.1 Å². The lowest BCUT2D eigenvalue weighted by Gasteiger charge is -2.11. The van der Waals surface area contributed by atoms with Gasteiger partial charge in [-0.15, -0.1) is 0 Å². The van der Waals surface area contributed by atoms with Crippen LogP contribution in [0.2, 0.25) is 0 Å². The largest absolute Gasteiger partial charge is 0.466 e. The molecule has 8 heteroatoms. The van der Waals surface area contributed by atoms with Gasteiger partial charge >= 0.3 is 0 Å². The Bertz CT molecular complexity index is 788. The third-order valence-electron chi connectivity index (χ3n) is 3.47. The van der Waals surface area contributed by atoms with Crippen molar-refractivity contribution in [1.82, 2.24) is 16.2 Å². The van der Waals surface area contributed by atoms with Gasteiger partial charge in [0.05, 0.1) is 5.56 Å². The zero-order chi connectivity index (χ0) is 17.1. The van der Waals surface area contributed by atoms with E-state index in [0.29, 0.717) is 34.5 Å². The molecule has 0 radical (unpaired) electrons. The van der Waals surface area contributed by atoms with Crippen molar-refractivity contribution in [1.29, 1.82) is 0 Å². The molecule has 1 amide bonds. The predicted molar refractivity (Wildman–Crippen MR) is 90.8 cm³/mol. The molecule has 1 aromatic heterocycles. The molecule has 0 saturated heterocycles. The smallest absolute Gasteiger partial charge is 0.273 e. The highest BCUT2D eigenvalue weighted by Gasteiger charge is 2.14. The molecule has 2 aromatic rings. The third-order valence-corrected chi connectivity index (χ3v) is 3.71. The second kappa shape index (κ2) is 6.79. The standard InChI is InChI=1S/C16H17N3O4S/c1-9-5-12(10(2)23-9)15(20)18-19-16(24)17-7-11-3-4-13-14(6-11)22-8-21-13/h3-6H,7-8H2,1-2H3,(H,18,20)(H2,17,19,24). The number of furan rings is 1. The van der Waals surface area contributed by atoms with Gasteiger partial charge in [0, 0.05) is 6.54 Å². The zero-order valence-electron chi connectivity index (χ0n) is 13.3. The maximum atomic E-state index is 12.0. The summed E-state index contributed by atoms with van der Waals surface area (Å²) in [6.07, 6.45) is 0. The van der Waals surface area contributed by atoms with E-state index in [-0.39, 0.29) is 12.7 Å². The Hall–Kier alpha value is -2.74. The van der Waals surface area contributed by atoms with Gasteiger partial charge in [-0.1, -0.05) is 6.07 Å². The fourth-order valence-corrected chi connectivity index (χ4v) is 2.44. The highest BCUT2D eigenvalue weighted by atomic mass is 32.1. The Balaban J connectivity index is 1.47. The Morgan fingerprint density at radius 3 is 2.71 bits per heavy atom. The van der Waals surface area contributed by atoms with Crippen LogP contribution in [0, 0.1) is 13.8 Å². The molecule has 0 atom stereocenters. The Kier molecular flexibility index (Phi) is 4.57. The van der Waals surface area contributed by atoms with Gasteiger partial charge in [-0.05, 0) is 49.8 Å². The number of aryl methyl sites for hydroxylation is 2. The van der Waals surface area contributed by atoms with Crippen molar-refractivity contribution in [3.63, 3.8) is 0 Å². The number of nitrogens with one attached hydrogen (secondary N) is 3. The fourth-order valence-electron chi connectivity index (χ4n) is 2.31. The molecule has 0 unspecified atom stereocenters. The molecule has 0 aliphatic carbocycles. The van der Waals surface area contributed by atoms with Gasteiger partial charge in [0.25, 0.3) is 5.91 Å². The molecular formula is C16H17N3O4S. The van der Waals surface area contributed by atoms with Crippen LogP contribution in [0.4, 0.5) is 0 Å². The van der Waals surface area contributed by atoms with Gasteiger partial charge in [-0.25, -0.2) is 0 Å². The lowest BCUT2D eigenvalue weighted by Crippen LogP contribution is -2.46. The van der Waals surface area contributed by atoms with Crippen LogP contribution < -0.4 is 25.6 Å². The number of hydrogen-bond donors (Lipinski definition) is 3. The topological polar surface area (TPSA) is 84.8 Å². The highest BCUT2D eigenvalue weighted by Crippen LogP contribution is 2.32. The summed E-state index contributed by atoms with van der Waals surface area (Å²) in [5.74, 6) is 2.38. The number of rotatable bonds is 3. The van der Waals surface area contributed by atoms with E-state index in [2.05, 4.69) is 16.2 Å². The molecule has 2 heterocycles. The van der Waals surface area contributed by atoms with Crippen LogP contribution in [0.15, 0.2) is 28.7 Å². The van der Waals surface area contributed by atoms with Gasteiger partial charge < -0.3 is 19.2 Å². The normalized spacial score (nSPS) is 11.9. The minimum atomic E-state index is -0.309. The van der Waals surface area contributed by atoms with Crippen LogP contribution in [-0.2, 0) is 6.54 Å². The van der Waals surface area contributed by atoms with Crippen molar-refractivity contribution in [2.75, 3.05) is 6.79 Å². The lowest BCUT2D eigenvalue weighted by molar-refractivity contribution is 0.0942. The molecular weight excluding hydrogens is 330 g/mol. The maximum Gasteiger partial charge on any atom is 0.273 e. The third kappa shape index (κ3) is 3.60. The number of amides is 1. The minimum absolute atomic E-state index is 0.241. The van der Waals surface area contributed by atoms with E-state index in [1.54, 1.807) is 19.9 Å². The summed E-state index contributed by atoms with van der Waals surface area (Å²) in [6, 6.07) is 7.32. The first-order valence-electron chi connectivity index (χ1n) is 7.32. The second-order valence-electron chi connectivity index (χ2n) is 5.28. The van der Waals surface area contributed by atoms with E-state index < -0.39 is 0 Å². The summed E-state index contributed by atoms with van der Waals surface area (Å²) < 4.78 is 15.9. The first-order valence-corrected chi connectivity index (χ1v) is 7.73. The maximum absolute atomic E-state index is 12.0. The number of fused-ring (bicyclic) bond motifs is 1. The van der Waals surface area contributed by atoms with Crippen molar-refractivity contribution in [3.8, 4) is 11.5 Å².